The average molecular weight is 255 g/mol. The lowest BCUT2D eigenvalue weighted by Gasteiger charge is -2.23. The van der Waals surface area contributed by atoms with Crippen LogP contribution in [0.3, 0.4) is 0 Å². The number of morpholine rings is 1. The molecule has 17 heavy (non-hydrogen) atoms. The molecule has 1 aromatic rings. The fourth-order valence-corrected chi connectivity index (χ4v) is 1.80. The van der Waals surface area contributed by atoms with Crippen LogP contribution < -0.4 is 10.6 Å². The predicted molar refractivity (Wildman–Crippen MR) is 66.4 cm³/mol. The summed E-state index contributed by atoms with van der Waals surface area (Å²) in [7, 11) is 0. The van der Waals surface area contributed by atoms with E-state index in [1.54, 1.807) is 24.3 Å². The molecule has 1 amide bonds. The first-order chi connectivity index (χ1) is 8.25. The molecule has 0 spiro atoms. The number of hydrogen-bond donors (Lipinski definition) is 2. The Morgan fingerprint density at radius 3 is 2.88 bits per heavy atom. The van der Waals surface area contributed by atoms with Crippen LogP contribution in [0.1, 0.15) is 10.4 Å². The molecular weight excluding hydrogens is 240 g/mol. The Balaban J connectivity index is 1.82. The second kappa shape index (κ2) is 6.00. The van der Waals surface area contributed by atoms with Crippen LogP contribution in [0.5, 0.6) is 0 Å². The zero-order valence-electron chi connectivity index (χ0n) is 9.41. The molecule has 1 heterocycles. The number of benzene rings is 1. The summed E-state index contributed by atoms with van der Waals surface area (Å²) < 4.78 is 5.30. The summed E-state index contributed by atoms with van der Waals surface area (Å²) >= 11 is 5.76. The molecule has 1 saturated heterocycles. The molecular formula is C12H15ClN2O2. The van der Waals surface area contributed by atoms with Crippen LogP contribution in [-0.2, 0) is 4.74 Å². The van der Waals surface area contributed by atoms with Gasteiger partial charge in [0.2, 0.25) is 0 Å². The minimum Gasteiger partial charge on any atom is -0.378 e. The van der Waals surface area contributed by atoms with Crippen LogP contribution in [0.25, 0.3) is 0 Å². The highest BCUT2D eigenvalue weighted by molar-refractivity contribution is 6.30. The second-order valence-corrected chi connectivity index (χ2v) is 4.38. The Morgan fingerprint density at radius 2 is 2.24 bits per heavy atom. The minimum absolute atomic E-state index is 0.0889. The number of ether oxygens (including phenoxy) is 1. The molecule has 1 aliphatic rings. The fraction of sp³-hybridized carbons (Fsp3) is 0.417. The van der Waals surface area contributed by atoms with Gasteiger partial charge in [0.05, 0.1) is 13.2 Å². The zero-order valence-corrected chi connectivity index (χ0v) is 10.2. The highest BCUT2D eigenvalue weighted by Gasteiger charge is 2.14. The Morgan fingerprint density at radius 1 is 1.47 bits per heavy atom. The zero-order chi connectivity index (χ0) is 12.1. The maximum atomic E-state index is 11.8. The number of rotatable bonds is 3. The molecule has 0 radical (unpaired) electrons. The summed E-state index contributed by atoms with van der Waals surface area (Å²) in [6.07, 6.45) is 0. The van der Waals surface area contributed by atoms with Gasteiger partial charge in [-0.2, -0.15) is 0 Å². The summed E-state index contributed by atoms with van der Waals surface area (Å²) in [5, 5.41) is 6.77. The van der Waals surface area contributed by atoms with E-state index < -0.39 is 0 Å². The van der Waals surface area contributed by atoms with E-state index in [4.69, 9.17) is 16.3 Å². The average Bonchev–Trinajstić information content (AvgIpc) is 2.38. The van der Waals surface area contributed by atoms with Crippen molar-refractivity contribution in [3.8, 4) is 0 Å². The summed E-state index contributed by atoms with van der Waals surface area (Å²) in [5.41, 5.74) is 0.617. The maximum absolute atomic E-state index is 11.8. The molecule has 0 aromatic heterocycles. The van der Waals surface area contributed by atoms with Crippen LogP contribution in [-0.4, -0.2) is 38.3 Å². The van der Waals surface area contributed by atoms with Gasteiger partial charge in [-0.05, 0) is 24.3 Å². The predicted octanol–water partition coefficient (Wildman–Crippen LogP) is 1.06. The van der Waals surface area contributed by atoms with Gasteiger partial charge in [0, 0.05) is 29.7 Å². The van der Waals surface area contributed by atoms with E-state index in [-0.39, 0.29) is 11.9 Å². The van der Waals surface area contributed by atoms with E-state index in [9.17, 15) is 4.79 Å². The molecule has 92 valence electrons. The molecule has 1 aliphatic heterocycles. The van der Waals surface area contributed by atoms with Crippen molar-refractivity contribution >= 4 is 17.5 Å². The molecule has 5 heteroatoms. The second-order valence-electron chi connectivity index (χ2n) is 3.94. The van der Waals surface area contributed by atoms with Crippen molar-refractivity contribution in [3.05, 3.63) is 34.9 Å². The first-order valence-electron chi connectivity index (χ1n) is 5.60. The van der Waals surface area contributed by atoms with Gasteiger partial charge in [0.25, 0.3) is 5.91 Å². The van der Waals surface area contributed by atoms with E-state index in [0.29, 0.717) is 23.7 Å². The van der Waals surface area contributed by atoms with Crippen LogP contribution in [0, 0.1) is 0 Å². The van der Waals surface area contributed by atoms with E-state index >= 15 is 0 Å². The van der Waals surface area contributed by atoms with Crippen molar-refractivity contribution in [1.82, 2.24) is 10.6 Å². The summed E-state index contributed by atoms with van der Waals surface area (Å²) in [5.74, 6) is -0.0889. The maximum Gasteiger partial charge on any atom is 0.251 e. The van der Waals surface area contributed by atoms with Crippen molar-refractivity contribution in [2.45, 2.75) is 6.04 Å². The summed E-state index contributed by atoms with van der Waals surface area (Å²) in [4.78, 5) is 11.8. The lowest BCUT2D eigenvalue weighted by Crippen LogP contribution is -2.48. The third-order valence-electron chi connectivity index (χ3n) is 2.61. The van der Waals surface area contributed by atoms with E-state index in [1.165, 1.54) is 0 Å². The quantitative estimate of drug-likeness (QED) is 0.848. The van der Waals surface area contributed by atoms with Crippen molar-refractivity contribution in [2.24, 2.45) is 0 Å². The number of hydrogen-bond acceptors (Lipinski definition) is 3. The SMILES string of the molecule is O=C(NCC1COCCN1)c1ccc(Cl)cc1. The highest BCUT2D eigenvalue weighted by atomic mass is 35.5. The first-order valence-corrected chi connectivity index (χ1v) is 5.98. The Hall–Kier alpha value is -1.10. The number of halogens is 1. The number of carbonyl (C=O) groups excluding carboxylic acids is 1. The van der Waals surface area contributed by atoms with Gasteiger partial charge in [-0.25, -0.2) is 0 Å². The van der Waals surface area contributed by atoms with Crippen LogP contribution in [0.4, 0.5) is 0 Å². The van der Waals surface area contributed by atoms with Gasteiger partial charge in [-0.3, -0.25) is 4.79 Å². The lowest BCUT2D eigenvalue weighted by atomic mass is 10.2. The van der Waals surface area contributed by atoms with Crippen molar-refractivity contribution in [2.75, 3.05) is 26.3 Å². The van der Waals surface area contributed by atoms with E-state index in [1.807, 2.05) is 0 Å². The van der Waals surface area contributed by atoms with Gasteiger partial charge in [0.1, 0.15) is 0 Å². The largest absolute Gasteiger partial charge is 0.378 e. The smallest absolute Gasteiger partial charge is 0.251 e. The van der Waals surface area contributed by atoms with Crippen molar-refractivity contribution < 1.29 is 9.53 Å². The fourth-order valence-electron chi connectivity index (χ4n) is 1.67. The van der Waals surface area contributed by atoms with Crippen LogP contribution >= 0.6 is 11.6 Å². The third-order valence-corrected chi connectivity index (χ3v) is 2.87. The number of amides is 1. The van der Waals surface area contributed by atoms with Gasteiger partial charge < -0.3 is 15.4 Å². The third kappa shape index (κ3) is 3.70. The highest BCUT2D eigenvalue weighted by Crippen LogP contribution is 2.09. The molecule has 1 atom stereocenters. The Bertz CT molecular complexity index is 375. The van der Waals surface area contributed by atoms with Gasteiger partial charge in [-0.1, -0.05) is 11.6 Å². The normalized spacial score (nSPS) is 19.9. The van der Waals surface area contributed by atoms with Gasteiger partial charge >= 0.3 is 0 Å². The monoisotopic (exact) mass is 254 g/mol. The molecule has 4 nitrogen and oxygen atoms in total. The van der Waals surface area contributed by atoms with E-state index in [2.05, 4.69) is 10.6 Å². The molecule has 1 unspecified atom stereocenters. The summed E-state index contributed by atoms with van der Waals surface area (Å²) in [6, 6.07) is 7.03. The molecule has 1 aromatic carbocycles. The summed E-state index contributed by atoms with van der Waals surface area (Å²) in [6.45, 7) is 2.78. The molecule has 0 aliphatic carbocycles. The van der Waals surface area contributed by atoms with Gasteiger partial charge in [0.15, 0.2) is 0 Å². The molecule has 1 fully saturated rings. The molecule has 2 rings (SSSR count). The van der Waals surface area contributed by atoms with Crippen molar-refractivity contribution in [1.29, 1.82) is 0 Å². The van der Waals surface area contributed by atoms with Crippen LogP contribution in [0.2, 0.25) is 5.02 Å². The Labute approximate surface area is 105 Å². The van der Waals surface area contributed by atoms with Gasteiger partial charge in [-0.15, -0.1) is 0 Å². The van der Waals surface area contributed by atoms with E-state index in [0.717, 1.165) is 13.2 Å². The standard InChI is InChI=1S/C12H15ClN2O2/c13-10-3-1-9(2-4-10)12(16)15-7-11-8-17-6-5-14-11/h1-4,11,14H,5-8H2,(H,15,16). The lowest BCUT2D eigenvalue weighted by molar-refractivity contribution is 0.0734. The van der Waals surface area contributed by atoms with Crippen molar-refractivity contribution in [3.63, 3.8) is 0 Å². The Kier molecular flexibility index (Phi) is 4.36. The molecule has 0 bridgehead atoms. The van der Waals surface area contributed by atoms with Crippen LogP contribution in [0.15, 0.2) is 24.3 Å². The number of carbonyl (C=O) groups is 1. The topological polar surface area (TPSA) is 50.4 Å². The number of nitrogens with one attached hydrogen (secondary N) is 2. The minimum atomic E-state index is -0.0889. The molecule has 0 saturated carbocycles. The first kappa shape index (κ1) is 12.4. The molecule has 2 N–H and O–H groups in total.